The molecule has 0 spiro atoms. The zero-order valence-electron chi connectivity index (χ0n) is 13.7. The number of aromatic nitrogens is 3. The molecule has 0 fully saturated rings. The van der Waals surface area contributed by atoms with Crippen LogP contribution in [0.15, 0.2) is 40.6 Å². The van der Waals surface area contributed by atoms with E-state index in [2.05, 4.69) is 27.4 Å². The molecular formula is C15H19N5O4S. The van der Waals surface area contributed by atoms with Gasteiger partial charge in [-0.3, -0.25) is 14.7 Å². The first kappa shape index (κ1) is 18.7. The Balaban J connectivity index is 1.93. The van der Waals surface area contributed by atoms with Gasteiger partial charge in [0.2, 0.25) is 11.7 Å². The van der Waals surface area contributed by atoms with Crippen molar-refractivity contribution in [3.63, 3.8) is 0 Å². The van der Waals surface area contributed by atoms with Crippen LogP contribution in [0.4, 0.5) is 4.79 Å². The molecule has 2 N–H and O–H groups in total. The van der Waals surface area contributed by atoms with E-state index in [0.717, 1.165) is 0 Å². The summed E-state index contributed by atoms with van der Waals surface area (Å²) >= 11 is 1.17. The molecule has 2 aromatic rings. The number of nitrogens with zero attached hydrogens (tertiary/aromatic N) is 3. The lowest BCUT2D eigenvalue weighted by atomic mass is 10.4. The van der Waals surface area contributed by atoms with Crippen LogP contribution in [0.2, 0.25) is 0 Å². The van der Waals surface area contributed by atoms with Gasteiger partial charge in [-0.15, -0.1) is 16.8 Å². The van der Waals surface area contributed by atoms with E-state index in [9.17, 15) is 9.59 Å². The van der Waals surface area contributed by atoms with E-state index in [0.29, 0.717) is 36.4 Å². The van der Waals surface area contributed by atoms with E-state index in [4.69, 9.17) is 9.15 Å². The number of amides is 3. The third-order valence-corrected chi connectivity index (χ3v) is 3.91. The van der Waals surface area contributed by atoms with E-state index in [1.54, 1.807) is 29.0 Å². The van der Waals surface area contributed by atoms with Crippen LogP contribution in [0.1, 0.15) is 0 Å². The van der Waals surface area contributed by atoms with Crippen molar-refractivity contribution in [3.05, 3.63) is 31.1 Å². The molecule has 25 heavy (non-hydrogen) atoms. The van der Waals surface area contributed by atoms with Crippen molar-refractivity contribution in [2.45, 2.75) is 11.7 Å². The van der Waals surface area contributed by atoms with Crippen LogP contribution in [0.5, 0.6) is 0 Å². The van der Waals surface area contributed by atoms with Gasteiger partial charge in [-0.2, -0.15) is 0 Å². The molecule has 0 aliphatic heterocycles. The number of carbonyl (C=O) groups is 2. The lowest BCUT2D eigenvalue weighted by molar-refractivity contribution is -0.117. The Hall–Kier alpha value is -2.59. The van der Waals surface area contributed by atoms with Crippen LogP contribution in [0.25, 0.3) is 11.6 Å². The maximum atomic E-state index is 11.8. The molecule has 10 heteroatoms. The molecule has 0 atom stereocenters. The highest BCUT2D eigenvalue weighted by atomic mass is 32.2. The van der Waals surface area contributed by atoms with Crippen LogP contribution in [0, 0.1) is 0 Å². The molecule has 2 heterocycles. The van der Waals surface area contributed by atoms with Gasteiger partial charge >= 0.3 is 6.03 Å². The average Bonchev–Trinajstić information content (AvgIpc) is 3.23. The fourth-order valence-electron chi connectivity index (χ4n) is 1.88. The van der Waals surface area contributed by atoms with Crippen molar-refractivity contribution >= 4 is 23.7 Å². The summed E-state index contributed by atoms with van der Waals surface area (Å²) in [6, 6.07) is 2.96. The molecule has 0 aliphatic rings. The number of hydrogen-bond acceptors (Lipinski definition) is 7. The van der Waals surface area contributed by atoms with E-state index in [1.807, 2.05) is 0 Å². The van der Waals surface area contributed by atoms with Crippen LogP contribution < -0.4 is 10.6 Å². The first-order valence-electron chi connectivity index (χ1n) is 7.43. The van der Waals surface area contributed by atoms with E-state index < -0.39 is 11.9 Å². The summed E-state index contributed by atoms with van der Waals surface area (Å²) in [5.74, 6) is 0.700. The van der Waals surface area contributed by atoms with Crippen LogP contribution in [-0.2, 0) is 16.1 Å². The molecule has 2 aromatic heterocycles. The van der Waals surface area contributed by atoms with Crippen molar-refractivity contribution in [2.75, 3.05) is 26.0 Å². The first-order chi connectivity index (χ1) is 12.2. The molecule has 0 saturated heterocycles. The summed E-state index contributed by atoms with van der Waals surface area (Å²) < 4.78 is 11.9. The third kappa shape index (κ3) is 5.47. The second-order valence-electron chi connectivity index (χ2n) is 4.77. The zero-order valence-corrected chi connectivity index (χ0v) is 14.5. The highest BCUT2D eigenvalue weighted by molar-refractivity contribution is 7.99. The minimum Gasteiger partial charge on any atom is -0.461 e. The molecule has 0 aliphatic carbocycles. The normalized spacial score (nSPS) is 10.4. The minimum absolute atomic E-state index is 0.0190. The van der Waals surface area contributed by atoms with E-state index in [-0.39, 0.29) is 5.75 Å². The molecular weight excluding hydrogens is 346 g/mol. The number of rotatable bonds is 9. The predicted octanol–water partition coefficient (Wildman–Crippen LogP) is 1.29. The second-order valence-corrected chi connectivity index (χ2v) is 5.71. The van der Waals surface area contributed by atoms with Crippen LogP contribution in [0.3, 0.4) is 0 Å². The molecule has 134 valence electrons. The summed E-state index contributed by atoms with van der Waals surface area (Å²) in [5.41, 5.74) is 0. The lowest BCUT2D eigenvalue weighted by Gasteiger charge is -2.07. The zero-order chi connectivity index (χ0) is 18.1. The topological polar surface area (TPSA) is 111 Å². The molecule has 0 saturated carbocycles. The largest absolute Gasteiger partial charge is 0.461 e. The summed E-state index contributed by atoms with van der Waals surface area (Å²) in [5, 5.41) is 13.4. The van der Waals surface area contributed by atoms with Crippen molar-refractivity contribution in [1.82, 2.24) is 25.4 Å². The Morgan fingerprint density at radius 1 is 1.48 bits per heavy atom. The number of furan rings is 1. The number of allylic oxidation sites excluding steroid dienone is 1. The van der Waals surface area contributed by atoms with Crippen molar-refractivity contribution < 1.29 is 18.7 Å². The maximum Gasteiger partial charge on any atom is 0.321 e. The first-order valence-corrected chi connectivity index (χ1v) is 8.41. The number of nitrogens with one attached hydrogen (secondary N) is 2. The lowest BCUT2D eigenvalue weighted by Crippen LogP contribution is -2.41. The van der Waals surface area contributed by atoms with Crippen molar-refractivity contribution in [1.29, 1.82) is 0 Å². The molecule has 0 unspecified atom stereocenters. The minimum atomic E-state index is -0.563. The van der Waals surface area contributed by atoms with Crippen LogP contribution in [-0.4, -0.2) is 52.7 Å². The molecule has 9 nitrogen and oxygen atoms in total. The number of ether oxygens (including phenoxy) is 1. The third-order valence-electron chi connectivity index (χ3n) is 2.95. The Kier molecular flexibility index (Phi) is 7.23. The highest BCUT2D eigenvalue weighted by Crippen LogP contribution is 2.24. The number of urea groups is 1. The van der Waals surface area contributed by atoms with Gasteiger partial charge in [-0.1, -0.05) is 17.8 Å². The van der Waals surface area contributed by atoms with Crippen molar-refractivity contribution in [2.24, 2.45) is 0 Å². The number of carbonyl (C=O) groups excluding carboxylic acids is 2. The summed E-state index contributed by atoms with van der Waals surface area (Å²) in [6.45, 7) is 4.87. The van der Waals surface area contributed by atoms with E-state index >= 15 is 0 Å². The van der Waals surface area contributed by atoms with Crippen molar-refractivity contribution in [3.8, 4) is 11.6 Å². The fraction of sp³-hybridized carbons (Fsp3) is 0.333. The van der Waals surface area contributed by atoms with Gasteiger partial charge < -0.3 is 14.5 Å². The Bertz CT molecular complexity index is 714. The molecule has 0 aromatic carbocycles. The fourth-order valence-corrected chi connectivity index (χ4v) is 2.63. The Morgan fingerprint density at radius 3 is 3.00 bits per heavy atom. The van der Waals surface area contributed by atoms with E-state index in [1.165, 1.54) is 18.9 Å². The second kappa shape index (κ2) is 9.64. The van der Waals surface area contributed by atoms with Gasteiger partial charge in [-0.25, -0.2) is 4.79 Å². The SMILES string of the molecule is C=CCn1c(SCC(=O)NC(=O)NCCOC)nnc1-c1ccco1. The Morgan fingerprint density at radius 2 is 2.32 bits per heavy atom. The van der Waals surface area contributed by atoms with Crippen LogP contribution >= 0.6 is 11.8 Å². The number of hydrogen-bond donors (Lipinski definition) is 2. The quantitative estimate of drug-likeness (QED) is 0.391. The van der Waals surface area contributed by atoms with Gasteiger partial charge in [0.15, 0.2) is 10.9 Å². The predicted molar refractivity (Wildman–Crippen MR) is 92.1 cm³/mol. The van der Waals surface area contributed by atoms with Gasteiger partial charge in [0.25, 0.3) is 0 Å². The monoisotopic (exact) mass is 365 g/mol. The standard InChI is InChI=1S/C15H19N5O4S/c1-3-7-20-13(11-5-4-8-24-11)18-19-15(20)25-10-12(21)17-14(22)16-6-9-23-2/h3-5,8H,1,6-7,9-10H2,2H3,(H2,16,17,21,22). The summed E-state index contributed by atoms with van der Waals surface area (Å²) in [6.07, 6.45) is 3.24. The van der Waals surface area contributed by atoms with Gasteiger partial charge in [-0.05, 0) is 12.1 Å². The molecule has 0 bridgehead atoms. The molecule has 0 radical (unpaired) electrons. The molecule has 2 rings (SSSR count). The van der Waals surface area contributed by atoms with Gasteiger partial charge in [0.05, 0.1) is 18.6 Å². The number of imide groups is 1. The maximum absolute atomic E-state index is 11.8. The summed E-state index contributed by atoms with van der Waals surface area (Å²) in [7, 11) is 1.53. The smallest absolute Gasteiger partial charge is 0.321 e. The molecule has 3 amide bonds. The summed E-state index contributed by atoms with van der Waals surface area (Å²) in [4.78, 5) is 23.3. The average molecular weight is 365 g/mol. The Labute approximate surface area is 148 Å². The van der Waals surface area contributed by atoms with Gasteiger partial charge in [0.1, 0.15) is 0 Å². The highest BCUT2D eigenvalue weighted by Gasteiger charge is 2.17. The van der Waals surface area contributed by atoms with Gasteiger partial charge in [0, 0.05) is 20.2 Å². The number of methoxy groups -OCH3 is 1. The number of thioether (sulfide) groups is 1.